The molecule has 0 aliphatic carbocycles. The Labute approximate surface area is 595 Å². The standard InChI is InChI=1S/C50H86N4O12.C13H26N2.C7H8O4.6CH4/c1-3-7-45(55)63-39-65-49(59)23-35-53-29-17-43(18-30-53)11-5-9-41-13-25-51(26-14-41)33-21-47(57)61-37-38-62-48(58)22-34-52-27-15-42(16-28-52)10-6-12-44-19-31-54(32-20-44)36-24-50(60)66-40-64-46(56)8-4-2;1(2-12-4-8-14-9-5-12)3-13-6-10-15-11-7-13;1-3-6(8)10-5-11-7(9)4-2;;;;;;/h41-44H,3-40H2,1-2H3;12-15H,1-11H2;3-4H,1-2,5H2;6*1H4. The molecule has 22 nitrogen and oxygen atoms in total. The maximum atomic E-state index is 12.4. The van der Waals surface area contributed by atoms with Gasteiger partial charge in [0.25, 0.3) is 0 Å². The molecule has 0 aromatic rings. The minimum Gasteiger partial charge on any atom is -0.462 e. The highest BCUT2D eigenvalue weighted by Crippen LogP contribution is 2.30. The lowest BCUT2D eigenvalue weighted by molar-refractivity contribution is -0.169. The van der Waals surface area contributed by atoms with E-state index in [0.29, 0.717) is 77.5 Å². The normalized spacial score (nSPS) is 17.6. The van der Waals surface area contributed by atoms with Gasteiger partial charge in [0.1, 0.15) is 13.2 Å². The van der Waals surface area contributed by atoms with Crippen LogP contribution in [0.2, 0.25) is 0 Å². The molecule has 0 atom stereocenters. The third kappa shape index (κ3) is 47.9. The molecule has 0 aromatic carbocycles. The number of carbonyl (C=O) groups excluding carboxylic acids is 8. The molecule has 0 radical (unpaired) electrons. The summed E-state index contributed by atoms with van der Waals surface area (Å²) in [7, 11) is 0. The molecular formula is C76H144N6O16. The summed E-state index contributed by atoms with van der Waals surface area (Å²) in [6.07, 6.45) is 32.4. The molecule has 6 heterocycles. The fraction of sp³-hybridized carbons (Fsp3) is 0.842. The van der Waals surface area contributed by atoms with Crippen molar-refractivity contribution in [3.05, 3.63) is 25.3 Å². The fourth-order valence-electron chi connectivity index (χ4n) is 13.2. The van der Waals surface area contributed by atoms with Crippen molar-refractivity contribution in [1.82, 2.24) is 30.2 Å². The van der Waals surface area contributed by atoms with Gasteiger partial charge in [0.15, 0.2) is 0 Å². The first-order valence-electron chi connectivity index (χ1n) is 35.6. The van der Waals surface area contributed by atoms with Crippen LogP contribution in [0.25, 0.3) is 0 Å². The zero-order chi connectivity index (χ0) is 66.2. The monoisotopic (exact) mass is 1400 g/mol. The molecule has 574 valence electrons. The molecule has 0 amide bonds. The summed E-state index contributed by atoms with van der Waals surface area (Å²) >= 11 is 0. The lowest BCUT2D eigenvalue weighted by atomic mass is 9.87. The minimum absolute atomic E-state index is 0. The molecule has 6 aliphatic heterocycles. The Kier molecular flexibility index (Phi) is 61.3. The van der Waals surface area contributed by atoms with E-state index < -0.39 is 18.7 Å². The zero-order valence-electron chi connectivity index (χ0n) is 56.7. The summed E-state index contributed by atoms with van der Waals surface area (Å²) in [5.41, 5.74) is 0. The highest BCUT2D eigenvalue weighted by atomic mass is 16.7. The van der Waals surface area contributed by atoms with Gasteiger partial charge in [-0.1, -0.05) is 129 Å². The average Bonchev–Trinajstić information content (AvgIpc) is 1.32. The van der Waals surface area contributed by atoms with Crippen molar-refractivity contribution in [3.63, 3.8) is 0 Å². The molecule has 22 heteroatoms. The highest BCUT2D eigenvalue weighted by Gasteiger charge is 2.26. The van der Waals surface area contributed by atoms with E-state index in [1.807, 2.05) is 13.8 Å². The van der Waals surface area contributed by atoms with Crippen LogP contribution in [0.15, 0.2) is 25.3 Å². The summed E-state index contributed by atoms with van der Waals surface area (Å²) in [5, 5.41) is 6.89. The number of carbonyl (C=O) groups is 8. The van der Waals surface area contributed by atoms with E-state index in [-0.39, 0.29) is 107 Å². The highest BCUT2D eigenvalue weighted by molar-refractivity contribution is 5.82. The van der Waals surface area contributed by atoms with Gasteiger partial charge in [0, 0.05) is 51.2 Å². The first-order chi connectivity index (χ1) is 44.7. The van der Waals surface area contributed by atoms with Crippen molar-refractivity contribution in [2.24, 2.45) is 35.5 Å². The van der Waals surface area contributed by atoms with Crippen LogP contribution in [0.3, 0.4) is 0 Å². The molecule has 0 saturated carbocycles. The lowest BCUT2D eigenvalue weighted by Gasteiger charge is -2.33. The van der Waals surface area contributed by atoms with Gasteiger partial charge in [0.2, 0.25) is 20.4 Å². The van der Waals surface area contributed by atoms with Gasteiger partial charge in [-0.15, -0.1) is 0 Å². The second kappa shape index (κ2) is 61.8. The number of piperidine rings is 6. The van der Waals surface area contributed by atoms with Crippen molar-refractivity contribution >= 4 is 47.8 Å². The Balaban J connectivity index is -0.00000234. The number of hydrogen-bond acceptors (Lipinski definition) is 22. The molecular weight excluding hydrogens is 1250 g/mol. The molecule has 6 aliphatic rings. The van der Waals surface area contributed by atoms with Gasteiger partial charge >= 0.3 is 47.8 Å². The Morgan fingerprint density at radius 1 is 0.327 bits per heavy atom. The van der Waals surface area contributed by atoms with Crippen LogP contribution in [0, 0.1) is 35.5 Å². The van der Waals surface area contributed by atoms with Gasteiger partial charge in [-0.2, -0.15) is 0 Å². The third-order valence-electron chi connectivity index (χ3n) is 19.1. The number of ether oxygens (including phenoxy) is 8. The van der Waals surface area contributed by atoms with E-state index in [0.717, 1.165) is 100 Å². The van der Waals surface area contributed by atoms with E-state index in [1.165, 1.54) is 161 Å². The topological polar surface area (TPSA) is 247 Å². The number of esters is 8. The van der Waals surface area contributed by atoms with Gasteiger partial charge in [-0.3, -0.25) is 28.8 Å². The van der Waals surface area contributed by atoms with Gasteiger partial charge in [-0.25, -0.2) is 9.59 Å². The van der Waals surface area contributed by atoms with Crippen LogP contribution >= 0.6 is 0 Å². The number of nitrogens with zero attached hydrogens (tertiary/aromatic N) is 4. The lowest BCUT2D eigenvalue weighted by Crippen LogP contribution is -2.36. The van der Waals surface area contributed by atoms with Crippen LogP contribution in [-0.2, 0) is 76.3 Å². The van der Waals surface area contributed by atoms with E-state index in [4.69, 9.17) is 28.4 Å². The quantitative estimate of drug-likeness (QED) is 0.0191. The SMILES string of the molecule is C.C.C.C.C.C.C(CC1CCNCC1)CC1CCNCC1.C=CC(=O)OCOC(=O)C=C.CCCC(=O)OCOC(=O)CCN1CCC(CCCC2CCN(CCC(=O)OCCOC(=O)CCN3CCC(CCCC4CCN(CCC(=O)OCOC(=O)CCC)CC4)CC3)CC2)CC1. The Morgan fingerprint density at radius 3 is 0.776 bits per heavy atom. The Bertz CT molecular complexity index is 1940. The van der Waals surface area contributed by atoms with Crippen LogP contribution < -0.4 is 10.6 Å². The summed E-state index contributed by atoms with van der Waals surface area (Å²) in [4.78, 5) is 102. The average molecular weight is 1400 g/mol. The van der Waals surface area contributed by atoms with Crippen LogP contribution in [-0.4, -0.2) is 206 Å². The second-order valence-electron chi connectivity index (χ2n) is 26.0. The van der Waals surface area contributed by atoms with Gasteiger partial charge in [0.05, 0.1) is 25.7 Å². The molecule has 0 aromatic heterocycles. The van der Waals surface area contributed by atoms with Crippen molar-refractivity contribution < 1.29 is 76.3 Å². The molecule has 6 saturated heterocycles. The number of likely N-dealkylation sites (tertiary alicyclic amines) is 4. The Hall–Kier alpha value is -5.00. The predicted octanol–water partition coefficient (Wildman–Crippen LogP) is 12.9. The number of hydrogen-bond donors (Lipinski definition) is 2. The summed E-state index contributed by atoms with van der Waals surface area (Å²) in [6.45, 7) is 25.2. The smallest absolute Gasteiger partial charge is 0.333 e. The Morgan fingerprint density at radius 2 is 0.541 bits per heavy atom. The molecule has 0 spiro atoms. The van der Waals surface area contributed by atoms with Crippen molar-refractivity contribution in [1.29, 1.82) is 0 Å². The van der Waals surface area contributed by atoms with E-state index in [9.17, 15) is 38.4 Å². The van der Waals surface area contributed by atoms with E-state index >= 15 is 0 Å². The van der Waals surface area contributed by atoms with E-state index in [2.05, 4.69) is 52.9 Å². The largest absolute Gasteiger partial charge is 0.462 e. The van der Waals surface area contributed by atoms with Gasteiger partial charge in [-0.05, 0) is 204 Å². The first-order valence-corrected chi connectivity index (χ1v) is 35.6. The van der Waals surface area contributed by atoms with Gasteiger partial charge < -0.3 is 68.1 Å². The van der Waals surface area contributed by atoms with Crippen LogP contribution in [0.1, 0.15) is 245 Å². The van der Waals surface area contributed by atoms with E-state index in [1.54, 1.807) is 0 Å². The molecule has 0 unspecified atom stereocenters. The maximum Gasteiger partial charge on any atom is 0.333 e. The summed E-state index contributed by atoms with van der Waals surface area (Å²) < 4.78 is 39.2. The number of rotatable bonds is 39. The molecule has 6 rings (SSSR count). The van der Waals surface area contributed by atoms with Crippen molar-refractivity contribution in [3.8, 4) is 0 Å². The molecule has 2 N–H and O–H groups in total. The molecule has 98 heavy (non-hydrogen) atoms. The predicted molar refractivity (Wildman–Crippen MR) is 392 cm³/mol. The zero-order valence-corrected chi connectivity index (χ0v) is 56.7. The summed E-state index contributed by atoms with van der Waals surface area (Å²) in [5.74, 6) is 1.97. The maximum absolute atomic E-state index is 12.4. The number of nitrogens with one attached hydrogen (secondary N) is 2. The van der Waals surface area contributed by atoms with Crippen LogP contribution in [0.5, 0.6) is 0 Å². The molecule has 6 fully saturated rings. The van der Waals surface area contributed by atoms with Crippen LogP contribution in [0.4, 0.5) is 0 Å². The third-order valence-corrected chi connectivity index (χ3v) is 19.1. The summed E-state index contributed by atoms with van der Waals surface area (Å²) in [6, 6.07) is 0. The second-order valence-corrected chi connectivity index (χ2v) is 26.0. The molecule has 0 bridgehead atoms. The fourth-order valence-corrected chi connectivity index (χ4v) is 13.2. The minimum atomic E-state index is -0.637. The van der Waals surface area contributed by atoms with Crippen molar-refractivity contribution in [2.45, 2.75) is 245 Å². The first kappa shape index (κ1) is 97.2. The van der Waals surface area contributed by atoms with Crippen molar-refractivity contribution in [2.75, 3.05) is 138 Å².